The van der Waals surface area contributed by atoms with Crippen LogP contribution in [0.2, 0.25) is 5.02 Å². The molecule has 2 aromatic rings. The summed E-state index contributed by atoms with van der Waals surface area (Å²) in [6.45, 7) is 0.296. The van der Waals surface area contributed by atoms with Gasteiger partial charge >= 0.3 is 0 Å². The molecule has 0 atom stereocenters. The van der Waals surface area contributed by atoms with E-state index in [4.69, 9.17) is 16.9 Å². The van der Waals surface area contributed by atoms with E-state index in [9.17, 15) is 13.2 Å². The molecule has 0 saturated heterocycles. The standard InChI is InChI=1S/C17H16ClN3O3S/c1-20-25(23,24)14-7-8-16(18)15(9-14)17(22)21(2)11-13-5-3-12(10-19)4-6-13/h3-9,20H,11H2,1-2H3. The van der Waals surface area contributed by atoms with E-state index in [-0.39, 0.29) is 15.5 Å². The van der Waals surface area contributed by atoms with Crippen LogP contribution in [0.25, 0.3) is 0 Å². The van der Waals surface area contributed by atoms with E-state index in [1.807, 2.05) is 6.07 Å². The molecule has 0 bridgehead atoms. The number of hydrogen-bond acceptors (Lipinski definition) is 4. The van der Waals surface area contributed by atoms with E-state index in [1.54, 1.807) is 31.3 Å². The first-order valence-corrected chi connectivity index (χ1v) is 9.12. The fourth-order valence-electron chi connectivity index (χ4n) is 2.19. The molecule has 25 heavy (non-hydrogen) atoms. The highest BCUT2D eigenvalue weighted by atomic mass is 35.5. The maximum absolute atomic E-state index is 12.6. The second kappa shape index (κ2) is 7.66. The monoisotopic (exact) mass is 377 g/mol. The lowest BCUT2D eigenvalue weighted by Crippen LogP contribution is -2.27. The second-order valence-corrected chi connectivity index (χ2v) is 7.61. The van der Waals surface area contributed by atoms with Crippen LogP contribution in [-0.4, -0.2) is 33.3 Å². The molecule has 0 aliphatic heterocycles. The van der Waals surface area contributed by atoms with Crippen molar-refractivity contribution in [1.82, 2.24) is 9.62 Å². The van der Waals surface area contributed by atoms with E-state index in [1.165, 1.54) is 30.1 Å². The molecule has 0 aliphatic carbocycles. The van der Waals surface area contributed by atoms with Gasteiger partial charge in [0.1, 0.15) is 0 Å². The van der Waals surface area contributed by atoms with Gasteiger partial charge in [0.05, 0.1) is 27.1 Å². The predicted molar refractivity (Wildman–Crippen MR) is 94.7 cm³/mol. The van der Waals surface area contributed by atoms with E-state index in [2.05, 4.69) is 4.72 Å². The van der Waals surface area contributed by atoms with Gasteiger partial charge in [0.25, 0.3) is 5.91 Å². The Kier molecular flexibility index (Phi) is 5.80. The number of amides is 1. The zero-order chi connectivity index (χ0) is 18.6. The van der Waals surface area contributed by atoms with Crippen molar-refractivity contribution < 1.29 is 13.2 Å². The van der Waals surface area contributed by atoms with E-state index >= 15 is 0 Å². The smallest absolute Gasteiger partial charge is 0.255 e. The minimum Gasteiger partial charge on any atom is -0.337 e. The topological polar surface area (TPSA) is 90.3 Å². The highest BCUT2D eigenvalue weighted by Gasteiger charge is 2.20. The number of nitrogens with zero attached hydrogens (tertiary/aromatic N) is 2. The van der Waals surface area contributed by atoms with Gasteiger partial charge in [0.15, 0.2) is 0 Å². The van der Waals surface area contributed by atoms with Gasteiger partial charge in [-0.3, -0.25) is 4.79 Å². The third kappa shape index (κ3) is 4.37. The molecular formula is C17H16ClN3O3S. The first-order valence-electron chi connectivity index (χ1n) is 7.26. The Bertz CT molecular complexity index is 935. The van der Waals surface area contributed by atoms with Gasteiger partial charge in [-0.25, -0.2) is 13.1 Å². The summed E-state index contributed by atoms with van der Waals surface area (Å²) in [6.07, 6.45) is 0. The number of carbonyl (C=O) groups is 1. The average Bonchev–Trinajstić information content (AvgIpc) is 2.62. The number of hydrogen-bond donors (Lipinski definition) is 1. The molecule has 0 aliphatic rings. The molecule has 0 fully saturated rings. The minimum absolute atomic E-state index is 0.0328. The highest BCUT2D eigenvalue weighted by molar-refractivity contribution is 7.89. The van der Waals surface area contributed by atoms with Crippen LogP contribution < -0.4 is 4.72 Å². The Morgan fingerprint density at radius 1 is 1.24 bits per heavy atom. The van der Waals surface area contributed by atoms with Crippen LogP contribution in [0.1, 0.15) is 21.5 Å². The van der Waals surface area contributed by atoms with Gasteiger partial charge in [-0.15, -0.1) is 0 Å². The summed E-state index contributed by atoms with van der Waals surface area (Å²) in [7, 11) is -0.786. The number of halogens is 1. The number of nitriles is 1. The van der Waals surface area contributed by atoms with Gasteiger partial charge in [-0.2, -0.15) is 5.26 Å². The van der Waals surface area contributed by atoms with Crippen molar-refractivity contribution >= 4 is 27.5 Å². The third-order valence-corrected chi connectivity index (χ3v) is 5.34. The van der Waals surface area contributed by atoms with Crippen molar-refractivity contribution in [1.29, 1.82) is 5.26 Å². The zero-order valence-corrected chi connectivity index (χ0v) is 15.2. The Hall–Kier alpha value is -2.40. The largest absolute Gasteiger partial charge is 0.337 e. The SMILES string of the molecule is CNS(=O)(=O)c1ccc(Cl)c(C(=O)N(C)Cc2ccc(C#N)cc2)c1. The fourth-order valence-corrected chi connectivity index (χ4v) is 3.14. The number of carbonyl (C=O) groups excluding carboxylic acids is 1. The lowest BCUT2D eigenvalue weighted by atomic mass is 10.1. The van der Waals surface area contributed by atoms with Crippen LogP contribution in [0, 0.1) is 11.3 Å². The molecule has 0 spiro atoms. The Morgan fingerprint density at radius 3 is 2.44 bits per heavy atom. The molecule has 0 saturated carbocycles. The quantitative estimate of drug-likeness (QED) is 0.866. The second-order valence-electron chi connectivity index (χ2n) is 5.32. The summed E-state index contributed by atoms with van der Waals surface area (Å²) in [4.78, 5) is 14.0. The molecule has 0 unspecified atom stereocenters. The molecule has 6 nitrogen and oxygen atoms in total. The van der Waals surface area contributed by atoms with Crippen molar-refractivity contribution in [3.63, 3.8) is 0 Å². The number of sulfonamides is 1. The van der Waals surface area contributed by atoms with Gasteiger partial charge in [-0.05, 0) is 42.9 Å². The lowest BCUT2D eigenvalue weighted by molar-refractivity contribution is 0.0785. The summed E-state index contributed by atoms with van der Waals surface area (Å²) in [5.74, 6) is -0.400. The van der Waals surface area contributed by atoms with Crippen LogP contribution in [0.15, 0.2) is 47.4 Å². The molecule has 8 heteroatoms. The number of rotatable bonds is 5. The zero-order valence-electron chi connectivity index (χ0n) is 13.7. The first kappa shape index (κ1) is 18.9. The Labute approximate surface area is 151 Å². The number of benzene rings is 2. The maximum atomic E-state index is 12.6. The van der Waals surface area contributed by atoms with Gasteiger partial charge in [-0.1, -0.05) is 23.7 Å². The Balaban J connectivity index is 2.26. The summed E-state index contributed by atoms with van der Waals surface area (Å²) in [6, 6.07) is 12.9. The van der Waals surface area contributed by atoms with Gasteiger partial charge in [0, 0.05) is 13.6 Å². The van der Waals surface area contributed by atoms with E-state index in [0.717, 1.165) is 5.56 Å². The normalized spacial score (nSPS) is 11.0. The molecule has 0 heterocycles. The number of nitrogens with one attached hydrogen (secondary N) is 1. The fraction of sp³-hybridized carbons (Fsp3) is 0.176. The van der Waals surface area contributed by atoms with Crippen molar-refractivity contribution in [2.24, 2.45) is 0 Å². The average molecular weight is 378 g/mol. The minimum atomic E-state index is -3.67. The predicted octanol–water partition coefficient (Wildman–Crippen LogP) is 2.39. The van der Waals surface area contributed by atoms with E-state index in [0.29, 0.717) is 12.1 Å². The van der Waals surface area contributed by atoms with E-state index < -0.39 is 15.9 Å². The molecule has 1 N–H and O–H groups in total. The first-order chi connectivity index (χ1) is 11.8. The van der Waals surface area contributed by atoms with Crippen LogP contribution >= 0.6 is 11.6 Å². The summed E-state index contributed by atoms with van der Waals surface area (Å²) in [5.41, 5.74) is 1.48. The van der Waals surface area contributed by atoms with Crippen molar-refractivity contribution in [3.05, 3.63) is 64.2 Å². The molecule has 130 valence electrons. The third-order valence-electron chi connectivity index (χ3n) is 3.60. The Morgan fingerprint density at radius 2 is 1.88 bits per heavy atom. The van der Waals surface area contributed by atoms with Crippen molar-refractivity contribution in [2.75, 3.05) is 14.1 Å². The van der Waals surface area contributed by atoms with Crippen LogP contribution in [0.5, 0.6) is 0 Å². The van der Waals surface area contributed by atoms with Crippen molar-refractivity contribution in [2.45, 2.75) is 11.4 Å². The summed E-state index contributed by atoms with van der Waals surface area (Å²) < 4.78 is 26.0. The molecule has 0 aromatic heterocycles. The molecule has 0 radical (unpaired) electrons. The molecule has 2 rings (SSSR count). The van der Waals surface area contributed by atoms with Crippen molar-refractivity contribution in [3.8, 4) is 6.07 Å². The molecular weight excluding hydrogens is 362 g/mol. The van der Waals surface area contributed by atoms with Gasteiger partial charge in [0.2, 0.25) is 10.0 Å². The van der Waals surface area contributed by atoms with Crippen LogP contribution in [-0.2, 0) is 16.6 Å². The van der Waals surface area contributed by atoms with Crippen LogP contribution in [0.3, 0.4) is 0 Å². The van der Waals surface area contributed by atoms with Gasteiger partial charge < -0.3 is 4.90 Å². The summed E-state index contributed by atoms with van der Waals surface area (Å²) >= 11 is 6.07. The lowest BCUT2D eigenvalue weighted by Gasteiger charge is -2.18. The highest BCUT2D eigenvalue weighted by Crippen LogP contribution is 2.22. The molecule has 1 amide bonds. The molecule has 2 aromatic carbocycles. The summed E-state index contributed by atoms with van der Waals surface area (Å²) in [5, 5.41) is 8.98. The maximum Gasteiger partial charge on any atom is 0.255 e. The van der Waals surface area contributed by atoms with Crippen LogP contribution in [0.4, 0.5) is 0 Å².